The largest absolute Gasteiger partial charge is 0.494 e. The third kappa shape index (κ3) is 3.87. The van der Waals surface area contributed by atoms with Crippen molar-refractivity contribution in [3.63, 3.8) is 0 Å². The lowest BCUT2D eigenvalue weighted by atomic mass is 9.76. The summed E-state index contributed by atoms with van der Waals surface area (Å²) in [7, 11) is 1.67. The van der Waals surface area contributed by atoms with Gasteiger partial charge < -0.3 is 15.0 Å². The molecule has 1 spiro atoms. The van der Waals surface area contributed by atoms with Crippen molar-refractivity contribution < 1.29 is 19.1 Å². The number of carbonyl (C=O) groups excluding carboxylic acids is 3. The molecule has 0 bridgehead atoms. The summed E-state index contributed by atoms with van der Waals surface area (Å²) in [6.07, 6.45) is 2.23. The normalized spacial score (nSPS) is 19.9. The van der Waals surface area contributed by atoms with E-state index in [9.17, 15) is 14.4 Å². The van der Waals surface area contributed by atoms with Crippen LogP contribution in [0, 0.1) is 0 Å². The number of nitrogens with zero attached hydrogens (tertiary/aromatic N) is 2. The second kappa shape index (κ2) is 8.41. The summed E-state index contributed by atoms with van der Waals surface area (Å²) in [4.78, 5) is 41.4. The van der Waals surface area contributed by atoms with E-state index in [0.29, 0.717) is 19.6 Å². The zero-order chi connectivity index (χ0) is 22.0. The van der Waals surface area contributed by atoms with E-state index in [1.54, 1.807) is 7.05 Å². The molecule has 4 rings (SSSR count). The standard InChI is InChI=1S/C24H27N3O4/c1-3-31-19-12-10-17(11-13-19)15-26(2)21(28)16-27-22(29)24(25-23(27)30)14-6-8-18-7-4-5-9-20(18)24/h4-5,7,9-13H,3,6,8,14-16H2,1-2H3,(H,25,30). The fraction of sp³-hybridized carbons (Fsp3) is 0.375. The molecule has 2 aromatic rings. The minimum absolute atomic E-state index is 0.276. The Labute approximate surface area is 182 Å². The van der Waals surface area contributed by atoms with Gasteiger partial charge in [-0.3, -0.25) is 14.5 Å². The zero-order valence-electron chi connectivity index (χ0n) is 17.9. The molecule has 31 heavy (non-hydrogen) atoms. The molecule has 2 aliphatic rings. The van der Waals surface area contributed by atoms with Crippen LogP contribution >= 0.6 is 0 Å². The third-order valence-corrected chi connectivity index (χ3v) is 6.02. The van der Waals surface area contributed by atoms with Crippen LogP contribution in [0.4, 0.5) is 4.79 Å². The minimum Gasteiger partial charge on any atom is -0.494 e. The van der Waals surface area contributed by atoms with Gasteiger partial charge in [-0.25, -0.2) is 4.79 Å². The van der Waals surface area contributed by atoms with Crippen molar-refractivity contribution in [1.29, 1.82) is 0 Å². The van der Waals surface area contributed by atoms with Crippen molar-refractivity contribution in [3.05, 3.63) is 65.2 Å². The molecule has 1 N–H and O–H groups in total. The molecule has 1 heterocycles. The van der Waals surface area contributed by atoms with Gasteiger partial charge in [0, 0.05) is 13.6 Å². The molecular formula is C24H27N3O4. The van der Waals surface area contributed by atoms with Crippen LogP contribution in [0.2, 0.25) is 0 Å². The molecule has 0 radical (unpaired) electrons. The van der Waals surface area contributed by atoms with Gasteiger partial charge in [0.05, 0.1) is 6.61 Å². The molecule has 1 atom stereocenters. The monoisotopic (exact) mass is 421 g/mol. The number of carbonyl (C=O) groups is 3. The minimum atomic E-state index is -1.06. The molecule has 1 aliphatic carbocycles. The molecule has 4 amide bonds. The van der Waals surface area contributed by atoms with Crippen molar-refractivity contribution in [3.8, 4) is 5.75 Å². The zero-order valence-corrected chi connectivity index (χ0v) is 17.9. The van der Waals surface area contributed by atoms with E-state index in [-0.39, 0.29) is 18.4 Å². The van der Waals surface area contributed by atoms with Gasteiger partial charge in [0.25, 0.3) is 5.91 Å². The Morgan fingerprint density at radius 2 is 1.90 bits per heavy atom. The van der Waals surface area contributed by atoms with E-state index in [4.69, 9.17) is 4.74 Å². The Morgan fingerprint density at radius 3 is 2.65 bits per heavy atom. The first-order chi connectivity index (χ1) is 14.9. The lowest BCUT2D eigenvalue weighted by molar-refractivity contribution is -0.139. The summed E-state index contributed by atoms with van der Waals surface area (Å²) < 4.78 is 5.44. The quantitative estimate of drug-likeness (QED) is 0.728. The van der Waals surface area contributed by atoms with E-state index in [0.717, 1.165) is 40.2 Å². The Balaban J connectivity index is 1.45. The number of benzene rings is 2. The fourth-order valence-electron chi connectivity index (χ4n) is 4.43. The van der Waals surface area contributed by atoms with Crippen LogP contribution < -0.4 is 10.1 Å². The Hall–Kier alpha value is -3.35. The van der Waals surface area contributed by atoms with Gasteiger partial charge in [0.1, 0.15) is 17.8 Å². The summed E-state index contributed by atoms with van der Waals surface area (Å²) in [6.45, 7) is 2.62. The Morgan fingerprint density at radius 1 is 1.16 bits per heavy atom. The summed E-state index contributed by atoms with van der Waals surface area (Å²) in [6, 6.07) is 14.7. The van der Waals surface area contributed by atoms with Gasteiger partial charge in [-0.1, -0.05) is 36.4 Å². The number of urea groups is 1. The van der Waals surface area contributed by atoms with Crippen molar-refractivity contribution >= 4 is 17.8 Å². The average Bonchev–Trinajstić information content (AvgIpc) is 3.00. The fourth-order valence-corrected chi connectivity index (χ4v) is 4.43. The predicted molar refractivity (Wildman–Crippen MR) is 115 cm³/mol. The summed E-state index contributed by atoms with van der Waals surface area (Å²) in [5.41, 5.74) is 1.80. The van der Waals surface area contributed by atoms with Crippen LogP contribution in [0.25, 0.3) is 0 Å². The number of hydrogen-bond acceptors (Lipinski definition) is 4. The number of rotatable bonds is 6. The van der Waals surface area contributed by atoms with Crippen molar-refractivity contribution in [2.24, 2.45) is 0 Å². The Bertz CT molecular complexity index is 1000. The lowest BCUT2D eigenvalue weighted by Crippen LogP contribution is -2.47. The first kappa shape index (κ1) is 20.9. The van der Waals surface area contributed by atoms with Crippen LogP contribution in [0.15, 0.2) is 48.5 Å². The smallest absolute Gasteiger partial charge is 0.325 e. The molecule has 1 fully saturated rings. The van der Waals surface area contributed by atoms with E-state index in [1.807, 2.05) is 55.5 Å². The maximum Gasteiger partial charge on any atom is 0.325 e. The highest BCUT2D eigenvalue weighted by Crippen LogP contribution is 2.39. The van der Waals surface area contributed by atoms with Crippen molar-refractivity contribution in [2.45, 2.75) is 38.3 Å². The lowest BCUT2D eigenvalue weighted by Gasteiger charge is -2.33. The van der Waals surface area contributed by atoms with Crippen LogP contribution in [-0.4, -0.2) is 47.8 Å². The third-order valence-electron chi connectivity index (χ3n) is 6.02. The van der Waals surface area contributed by atoms with Gasteiger partial charge in [0.15, 0.2) is 0 Å². The van der Waals surface area contributed by atoms with Gasteiger partial charge in [-0.2, -0.15) is 0 Å². The molecule has 1 aliphatic heterocycles. The molecule has 7 nitrogen and oxygen atoms in total. The summed E-state index contributed by atoms with van der Waals surface area (Å²) >= 11 is 0. The number of fused-ring (bicyclic) bond motifs is 2. The highest BCUT2D eigenvalue weighted by molar-refractivity contribution is 6.09. The second-order valence-electron chi connectivity index (χ2n) is 8.06. The van der Waals surface area contributed by atoms with Crippen LogP contribution in [0.3, 0.4) is 0 Å². The number of likely N-dealkylation sites (N-methyl/N-ethyl adjacent to an activating group) is 1. The average molecular weight is 421 g/mol. The molecule has 1 unspecified atom stereocenters. The highest BCUT2D eigenvalue weighted by atomic mass is 16.5. The van der Waals surface area contributed by atoms with E-state index >= 15 is 0 Å². The molecule has 1 saturated heterocycles. The first-order valence-electron chi connectivity index (χ1n) is 10.6. The maximum atomic E-state index is 13.3. The van der Waals surface area contributed by atoms with Crippen molar-refractivity contribution in [2.75, 3.05) is 20.2 Å². The topological polar surface area (TPSA) is 79.0 Å². The van der Waals surface area contributed by atoms with Gasteiger partial charge in [0.2, 0.25) is 5.91 Å². The molecule has 7 heteroatoms. The SMILES string of the molecule is CCOc1ccc(CN(C)C(=O)CN2C(=O)NC3(CCCc4ccccc43)C2=O)cc1. The maximum absolute atomic E-state index is 13.3. The van der Waals surface area contributed by atoms with E-state index < -0.39 is 11.6 Å². The van der Waals surface area contributed by atoms with Gasteiger partial charge in [-0.05, 0) is 55.0 Å². The predicted octanol–water partition coefficient (Wildman–Crippen LogP) is 2.83. The number of aryl methyl sites for hydroxylation is 1. The first-order valence-corrected chi connectivity index (χ1v) is 10.6. The molecule has 0 aromatic heterocycles. The molecule has 162 valence electrons. The number of nitrogens with one attached hydrogen (secondary N) is 1. The van der Waals surface area contributed by atoms with Crippen LogP contribution in [-0.2, 0) is 28.1 Å². The van der Waals surface area contributed by atoms with E-state index in [1.165, 1.54) is 4.90 Å². The van der Waals surface area contributed by atoms with Gasteiger partial charge in [-0.15, -0.1) is 0 Å². The van der Waals surface area contributed by atoms with Crippen LogP contribution in [0.5, 0.6) is 5.75 Å². The Kier molecular flexibility index (Phi) is 5.67. The molecule has 2 aromatic carbocycles. The summed E-state index contributed by atoms with van der Waals surface area (Å²) in [5, 5.41) is 2.89. The van der Waals surface area contributed by atoms with Crippen LogP contribution in [0.1, 0.15) is 36.5 Å². The number of imide groups is 1. The molecule has 0 saturated carbocycles. The molecular weight excluding hydrogens is 394 g/mol. The van der Waals surface area contributed by atoms with Gasteiger partial charge >= 0.3 is 6.03 Å². The number of ether oxygens (including phenoxy) is 1. The summed E-state index contributed by atoms with van der Waals surface area (Å²) in [5.74, 6) is 0.142. The van der Waals surface area contributed by atoms with E-state index in [2.05, 4.69) is 5.32 Å². The number of hydrogen-bond donors (Lipinski definition) is 1. The highest BCUT2D eigenvalue weighted by Gasteiger charge is 2.54. The second-order valence-corrected chi connectivity index (χ2v) is 8.06. The number of amides is 4. The van der Waals surface area contributed by atoms with Crippen molar-refractivity contribution in [1.82, 2.24) is 15.1 Å².